The van der Waals surface area contributed by atoms with E-state index in [1.807, 2.05) is 30.9 Å². The van der Waals surface area contributed by atoms with E-state index in [1.54, 1.807) is 0 Å². The van der Waals surface area contributed by atoms with Gasteiger partial charge in [0.25, 0.3) is 0 Å². The standard InChI is InChI=1S/C15H19ClN2/c1-2-3-5-14(11-18-9-8-17-12-18)13-6-4-7-15(16)10-13/h4,6-10,12,14H,2-3,5,11H2,1H3. The molecule has 2 rings (SSSR count). The normalized spacial score (nSPS) is 12.6. The van der Waals surface area contributed by atoms with Crippen molar-refractivity contribution in [2.45, 2.75) is 38.6 Å². The van der Waals surface area contributed by atoms with Gasteiger partial charge in [-0.2, -0.15) is 0 Å². The average molecular weight is 263 g/mol. The van der Waals surface area contributed by atoms with Crippen LogP contribution in [0, 0.1) is 0 Å². The molecule has 3 heteroatoms. The third kappa shape index (κ3) is 3.61. The minimum absolute atomic E-state index is 0.512. The fourth-order valence-electron chi connectivity index (χ4n) is 2.22. The van der Waals surface area contributed by atoms with Gasteiger partial charge < -0.3 is 4.57 Å². The number of imidazole rings is 1. The number of rotatable bonds is 6. The molecule has 0 N–H and O–H groups in total. The number of unbranched alkanes of at least 4 members (excludes halogenated alkanes) is 1. The van der Waals surface area contributed by atoms with Crippen molar-refractivity contribution in [2.24, 2.45) is 0 Å². The zero-order valence-corrected chi connectivity index (χ0v) is 11.5. The summed E-state index contributed by atoms with van der Waals surface area (Å²) in [6.07, 6.45) is 9.38. The van der Waals surface area contributed by atoms with Crippen LogP contribution in [0.4, 0.5) is 0 Å². The van der Waals surface area contributed by atoms with Gasteiger partial charge in [0.15, 0.2) is 0 Å². The number of hydrogen-bond donors (Lipinski definition) is 0. The van der Waals surface area contributed by atoms with Crippen LogP contribution in [0.3, 0.4) is 0 Å². The number of aromatic nitrogens is 2. The second-order valence-electron chi connectivity index (χ2n) is 4.65. The minimum Gasteiger partial charge on any atom is -0.337 e. The van der Waals surface area contributed by atoms with Crippen molar-refractivity contribution in [1.29, 1.82) is 0 Å². The van der Waals surface area contributed by atoms with E-state index in [9.17, 15) is 0 Å². The number of halogens is 1. The maximum atomic E-state index is 6.09. The molecule has 1 unspecified atom stereocenters. The summed E-state index contributed by atoms with van der Waals surface area (Å²) in [6, 6.07) is 8.21. The second kappa shape index (κ2) is 6.60. The topological polar surface area (TPSA) is 17.8 Å². The van der Waals surface area contributed by atoms with Gasteiger partial charge in [0.1, 0.15) is 0 Å². The fourth-order valence-corrected chi connectivity index (χ4v) is 2.42. The molecule has 1 aromatic carbocycles. The molecule has 0 saturated heterocycles. The number of hydrogen-bond acceptors (Lipinski definition) is 1. The number of nitrogens with zero attached hydrogens (tertiary/aromatic N) is 2. The maximum absolute atomic E-state index is 6.09. The summed E-state index contributed by atoms with van der Waals surface area (Å²) in [6.45, 7) is 3.20. The molecule has 0 fully saturated rings. The Morgan fingerprint density at radius 1 is 1.39 bits per heavy atom. The van der Waals surface area contributed by atoms with Gasteiger partial charge in [0.2, 0.25) is 0 Å². The lowest BCUT2D eigenvalue weighted by atomic mass is 9.93. The highest BCUT2D eigenvalue weighted by atomic mass is 35.5. The quantitative estimate of drug-likeness (QED) is 0.749. The second-order valence-corrected chi connectivity index (χ2v) is 5.09. The van der Waals surface area contributed by atoms with E-state index in [1.165, 1.54) is 24.8 Å². The summed E-state index contributed by atoms with van der Waals surface area (Å²) in [5.74, 6) is 0.512. The van der Waals surface area contributed by atoms with Crippen LogP contribution in [0.1, 0.15) is 37.7 Å². The van der Waals surface area contributed by atoms with Crippen molar-refractivity contribution in [2.75, 3.05) is 0 Å². The van der Waals surface area contributed by atoms with Gasteiger partial charge in [-0.05, 0) is 24.1 Å². The lowest BCUT2D eigenvalue weighted by Crippen LogP contribution is -2.08. The van der Waals surface area contributed by atoms with Crippen LogP contribution in [-0.2, 0) is 6.54 Å². The van der Waals surface area contributed by atoms with Gasteiger partial charge >= 0.3 is 0 Å². The maximum Gasteiger partial charge on any atom is 0.0946 e. The molecular weight excluding hydrogens is 244 g/mol. The summed E-state index contributed by atoms with van der Waals surface area (Å²) in [7, 11) is 0. The Bertz CT molecular complexity index is 465. The average Bonchev–Trinajstić information content (AvgIpc) is 2.87. The molecule has 0 radical (unpaired) electrons. The molecule has 0 spiro atoms. The predicted molar refractivity (Wildman–Crippen MR) is 75.9 cm³/mol. The van der Waals surface area contributed by atoms with Crippen LogP contribution >= 0.6 is 11.6 Å². The molecule has 96 valence electrons. The van der Waals surface area contributed by atoms with E-state index < -0.39 is 0 Å². The molecule has 0 saturated carbocycles. The van der Waals surface area contributed by atoms with Gasteiger partial charge in [-0.15, -0.1) is 0 Å². The third-order valence-electron chi connectivity index (χ3n) is 3.22. The summed E-state index contributed by atoms with van der Waals surface area (Å²) in [5, 5.41) is 0.819. The van der Waals surface area contributed by atoms with Crippen LogP contribution in [0.2, 0.25) is 5.02 Å². The molecule has 0 aliphatic heterocycles. The predicted octanol–water partition coefficient (Wildman–Crippen LogP) is 4.51. The minimum atomic E-state index is 0.512. The van der Waals surface area contributed by atoms with Crippen molar-refractivity contribution >= 4 is 11.6 Å². The van der Waals surface area contributed by atoms with Crippen molar-refractivity contribution in [1.82, 2.24) is 9.55 Å². The van der Waals surface area contributed by atoms with Crippen LogP contribution in [-0.4, -0.2) is 9.55 Å². The van der Waals surface area contributed by atoms with Crippen LogP contribution in [0.5, 0.6) is 0 Å². The van der Waals surface area contributed by atoms with Crippen molar-refractivity contribution < 1.29 is 0 Å². The van der Waals surface area contributed by atoms with Crippen LogP contribution in [0.25, 0.3) is 0 Å². The van der Waals surface area contributed by atoms with Gasteiger partial charge in [-0.1, -0.05) is 43.5 Å². The molecule has 0 bridgehead atoms. The van der Waals surface area contributed by atoms with E-state index >= 15 is 0 Å². The highest BCUT2D eigenvalue weighted by Gasteiger charge is 2.12. The van der Waals surface area contributed by atoms with Gasteiger partial charge in [0.05, 0.1) is 6.33 Å². The van der Waals surface area contributed by atoms with Crippen LogP contribution < -0.4 is 0 Å². The molecule has 0 amide bonds. The Morgan fingerprint density at radius 3 is 2.94 bits per heavy atom. The first kappa shape index (κ1) is 13.2. The van der Waals surface area contributed by atoms with Crippen molar-refractivity contribution in [3.8, 4) is 0 Å². The fraction of sp³-hybridized carbons (Fsp3) is 0.400. The molecule has 2 aromatic rings. The summed E-state index contributed by atoms with van der Waals surface area (Å²) in [5.41, 5.74) is 1.32. The molecule has 1 aromatic heterocycles. The van der Waals surface area contributed by atoms with Gasteiger partial charge in [-0.25, -0.2) is 4.98 Å². The Hall–Kier alpha value is -1.28. The summed E-state index contributed by atoms with van der Waals surface area (Å²) in [4.78, 5) is 4.10. The monoisotopic (exact) mass is 262 g/mol. The van der Waals surface area contributed by atoms with Crippen LogP contribution in [0.15, 0.2) is 43.0 Å². The molecule has 18 heavy (non-hydrogen) atoms. The van der Waals surface area contributed by atoms with Crippen molar-refractivity contribution in [3.05, 3.63) is 53.6 Å². The van der Waals surface area contributed by atoms with E-state index in [0.717, 1.165) is 11.6 Å². The first-order valence-corrected chi connectivity index (χ1v) is 6.88. The van der Waals surface area contributed by atoms with Gasteiger partial charge in [0, 0.05) is 29.9 Å². The third-order valence-corrected chi connectivity index (χ3v) is 3.45. The molecule has 0 aliphatic rings. The molecular formula is C15H19ClN2. The SMILES string of the molecule is CCCCC(Cn1ccnc1)c1cccc(Cl)c1. The van der Waals surface area contributed by atoms with Gasteiger partial charge in [-0.3, -0.25) is 0 Å². The lowest BCUT2D eigenvalue weighted by Gasteiger charge is -2.18. The zero-order valence-electron chi connectivity index (χ0n) is 10.7. The van der Waals surface area contributed by atoms with E-state index in [4.69, 9.17) is 11.6 Å². The largest absolute Gasteiger partial charge is 0.337 e. The van der Waals surface area contributed by atoms with E-state index in [0.29, 0.717) is 5.92 Å². The summed E-state index contributed by atoms with van der Waals surface area (Å²) >= 11 is 6.09. The Balaban J connectivity index is 2.13. The van der Waals surface area contributed by atoms with E-state index in [-0.39, 0.29) is 0 Å². The number of benzene rings is 1. The molecule has 1 atom stereocenters. The Morgan fingerprint density at radius 2 is 2.28 bits per heavy atom. The zero-order chi connectivity index (χ0) is 12.8. The van der Waals surface area contributed by atoms with E-state index in [2.05, 4.69) is 28.6 Å². The first-order chi connectivity index (χ1) is 8.79. The highest BCUT2D eigenvalue weighted by molar-refractivity contribution is 6.30. The summed E-state index contributed by atoms with van der Waals surface area (Å²) < 4.78 is 2.14. The van der Waals surface area contributed by atoms with Crippen molar-refractivity contribution in [3.63, 3.8) is 0 Å². The molecule has 1 heterocycles. The molecule has 0 aliphatic carbocycles. The highest BCUT2D eigenvalue weighted by Crippen LogP contribution is 2.26. The smallest absolute Gasteiger partial charge is 0.0946 e. The Labute approximate surface area is 114 Å². The molecule has 2 nitrogen and oxygen atoms in total. The first-order valence-electron chi connectivity index (χ1n) is 6.50. The Kier molecular flexibility index (Phi) is 4.82. The lowest BCUT2D eigenvalue weighted by molar-refractivity contribution is 0.505.